The molecule has 0 amide bonds. The lowest BCUT2D eigenvalue weighted by molar-refractivity contribution is 0.154. The van der Waals surface area contributed by atoms with Gasteiger partial charge in [0.2, 0.25) is 0 Å². The molecule has 6 heteroatoms. The van der Waals surface area contributed by atoms with Crippen LogP contribution in [0.15, 0.2) is 88.7 Å². The number of anilines is 2. The van der Waals surface area contributed by atoms with Crippen molar-refractivity contribution in [2.24, 2.45) is 5.92 Å². The molecule has 0 unspecified atom stereocenters. The highest BCUT2D eigenvalue weighted by atomic mass is 32.2. The Morgan fingerprint density at radius 1 is 0.879 bits per heavy atom. The number of nitrogens with zero attached hydrogens (tertiary/aromatic N) is 3. The normalized spacial score (nSPS) is 14.9. The minimum atomic E-state index is 0.436. The molecule has 1 aliphatic rings. The average Bonchev–Trinajstić information content (AvgIpc) is 2.85. The summed E-state index contributed by atoms with van der Waals surface area (Å²) in [7, 11) is 2.17. The van der Waals surface area contributed by atoms with Crippen LogP contribution in [0.25, 0.3) is 10.9 Å². The second kappa shape index (κ2) is 10.2. The van der Waals surface area contributed by atoms with Crippen molar-refractivity contribution in [1.29, 1.82) is 0 Å². The fourth-order valence-corrected chi connectivity index (χ4v) is 4.84. The molecule has 1 aliphatic heterocycles. The van der Waals surface area contributed by atoms with Crippen LogP contribution in [-0.2, 0) is 0 Å². The van der Waals surface area contributed by atoms with Crippen molar-refractivity contribution >= 4 is 34.2 Å². The standard InChI is InChI=1S/C27H28N4OS/c1-31-17-15-20(16-18-31)19-32-27-29-25-10-6-5-9-24(25)26(30-27)28-21-11-13-23(14-12-21)33-22-7-3-2-4-8-22/h2-14,20H,15-19H2,1H3,(H,28,29,30). The van der Waals surface area contributed by atoms with E-state index in [1.165, 1.54) is 9.79 Å². The summed E-state index contributed by atoms with van der Waals surface area (Å²) in [5, 5.41) is 4.45. The molecular formula is C27H28N4OS. The van der Waals surface area contributed by atoms with Gasteiger partial charge in [-0.2, -0.15) is 9.97 Å². The molecule has 3 aromatic carbocycles. The van der Waals surface area contributed by atoms with Gasteiger partial charge in [-0.1, -0.05) is 42.1 Å². The van der Waals surface area contributed by atoms with E-state index in [2.05, 4.69) is 70.8 Å². The molecule has 1 aromatic heterocycles. The third-order valence-corrected chi connectivity index (χ3v) is 6.98. The summed E-state index contributed by atoms with van der Waals surface area (Å²) in [5.41, 5.74) is 1.86. The lowest BCUT2D eigenvalue weighted by Gasteiger charge is -2.28. The molecule has 0 spiro atoms. The Morgan fingerprint density at radius 3 is 2.36 bits per heavy atom. The van der Waals surface area contributed by atoms with Gasteiger partial charge in [-0.25, -0.2) is 0 Å². The van der Waals surface area contributed by atoms with Crippen molar-refractivity contribution in [3.8, 4) is 6.01 Å². The molecule has 0 atom stereocenters. The zero-order valence-electron chi connectivity index (χ0n) is 18.8. The number of nitrogens with one attached hydrogen (secondary N) is 1. The molecule has 0 radical (unpaired) electrons. The third-order valence-electron chi connectivity index (χ3n) is 5.96. The molecule has 5 nitrogen and oxygen atoms in total. The number of benzene rings is 3. The quantitative estimate of drug-likeness (QED) is 0.355. The highest BCUT2D eigenvalue weighted by molar-refractivity contribution is 7.99. The van der Waals surface area contributed by atoms with Crippen LogP contribution in [0.4, 0.5) is 11.5 Å². The van der Waals surface area contributed by atoms with Crippen LogP contribution in [0.3, 0.4) is 0 Å². The van der Waals surface area contributed by atoms with Crippen LogP contribution in [-0.4, -0.2) is 41.6 Å². The number of ether oxygens (including phenoxy) is 1. The van der Waals surface area contributed by atoms with E-state index in [-0.39, 0.29) is 0 Å². The van der Waals surface area contributed by atoms with Gasteiger partial charge in [0.25, 0.3) is 0 Å². The van der Waals surface area contributed by atoms with Crippen molar-refractivity contribution in [3.05, 3.63) is 78.9 Å². The van der Waals surface area contributed by atoms with Gasteiger partial charge >= 0.3 is 6.01 Å². The van der Waals surface area contributed by atoms with E-state index in [0.29, 0.717) is 18.5 Å². The van der Waals surface area contributed by atoms with Crippen LogP contribution in [0.2, 0.25) is 0 Å². The predicted octanol–water partition coefficient (Wildman–Crippen LogP) is 6.25. The fraction of sp³-hybridized carbons (Fsp3) is 0.259. The highest BCUT2D eigenvalue weighted by Gasteiger charge is 2.18. The first kappa shape index (κ1) is 21.7. The van der Waals surface area contributed by atoms with Gasteiger partial charge in [0.05, 0.1) is 12.1 Å². The number of aromatic nitrogens is 2. The van der Waals surface area contributed by atoms with E-state index in [9.17, 15) is 0 Å². The maximum Gasteiger partial charge on any atom is 0.318 e. The minimum absolute atomic E-state index is 0.436. The molecule has 33 heavy (non-hydrogen) atoms. The van der Waals surface area contributed by atoms with Gasteiger partial charge in [-0.15, -0.1) is 0 Å². The fourth-order valence-electron chi connectivity index (χ4n) is 4.00. The van der Waals surface area contributed by atoms with Crippen LogP contribution >= 0.6 is 11.8 Å². The Morgan fingerprint density at radius 2 is 1.58 bits per heavy atom. The molecular weight excluding hydrogens is 428 g/mol. The average molecular weight is 457 g/mol. The maximum atomic E-state index is 6.07. The molecule has 1 N–H and O–H groups in total. The number of hydrogen-bond donors (Lipinski definition) is 1. The Hall–Kier alpha value is -3.09. The third kappa shape index (κ3) is 5.64. The Labute approximate surface area is 199 Å². The Bertz CT molecular complexity index is 1190. The number of rotatable bonds is 7. The molecule has 168 valence electrons. The topological polar surface area (TPSA) is 50.3 Å². The first-order chi connectivity index (χ1) is 16.2. The van der Waals surface area contributed by atoms with E-state index in [1.54, 1.807) is 11.8 Å². The van der Waals surface area contributed by atoms with Gasteiger partial charge in [-0.05, 0) is 87.4 Å². The van der Waals surface area contributed by atoms with E-state index in [1.807, 2.05) is 30.3 Å². The van der Waals surface area contributed by atoms with Crippen molar-refractivity contribution in [2.75, 3.05) is 32.1 Å². The van der Waals surface area contributed by atoms with Crippen LogP contribution in [0, 0.1) is 5.92 Å². The molecule has 1 saturated heterocycles. The summed E-state index contributed by atoms with van der Waals surface area (Å²) in [5.74, 6) is 1.32. The lowest BCUT2D eigenvalue weighted by Crippen LogP contribution is -2.32. The summed E-state index contributed by atoms with van der Waals surface area (Å²) in [4.78, 5) is 14.2. The smallest absolute Gasteiger partial charge is 0.318 e. The summed E-state index contributed by atoms with van der Waals surface area (Å²) in [6.45, 7) is 2.91. The van der Waals surface area contributed by atoms with Crippen LogP contribution < -0.4 is 10.1 Å². The zero-order valence-corrected chi connectivity index (χ0v) is 19.6. The second-order valence-electron chi connectivity index (χ2n) is 8.49. The van der Waals surface area contributed by atoms with Crippen molar-refractivity contribution in [1.82, 2.24) is 14.9 Å². The number of fused-ring (bicyclic) bond motifs is 1. The summed E-state index contributed by atoms with van der Waals surface area (Å²) in [6.07, 6.45) is 2.31. The predicted molar refractivity (Wildman–Crippen MR) is 136 cm³/mol. The summed E-state index contributed by atoms with van der Waals surface area (Å²) >= 11 is 1.75. The largest absolute Gasteiger partial charge is 0.463 e. The molecule has 5 rings (SSSR count). The van der Waals surface area contributed by atoms with Gasteiger partial charge in [0.15, 0.2) is 0 Å². The van der Waals surface area contributed by atoms with Crippen LogP contribution in [0.5, 0.6) is 6.01 Å². The van der Waals surface area contributed by atoms with Gasteiger partial charge in [0, 0.05) is 20.9 Å². The summed E-state index contributed by atoms with van der Waals surface area (Å²) in [6, 6.07) is 27.3. The first-order valence-corrected chi connectivity index (χ1v) is 12.2. The number of likely N-dealkylation sites (tertiary alicyclic amines) is 1. The molecule has 0 aliphatic carbocycles. The molecule has 0 saturated carbocycles. The molecule has 4 aromatic rings. The van der Waals surface area contributed by atoms with Crippen molar-refractivity contribution in [3.63, 3.8) is 0 Å². The monoisotopic (exact) mass is 456 g/mol. The number of para-hydroxylation sites is 1. The molecule has 1 fully saturated rings. The zero-order chi connectivity index (χ0) is 22.5. The first-order valence-electron chi connectivity index (χ1n) is 11.4. The lowest BCUT2D eigenvalue weighted by atomic mass is 9.98. The van der Waals surface area contributed by atoms with Gasteiger partial charge < -0.3 is 15.0 Å². The number of hydrogen-bond acceptors (Lipinski definition) is 6. The van der Waals surface area contributed by atoms with E-state index >= 15 is 0 Å². The maximum absolute atomic E-state index is 6.07. The van der Waals surface area contributed by atoms with E-state index in [4.69, 9.17) is 9.72 Å². The van der Waals surface area contributed by atoms with E-state index < -0.39 is 0 Å². The molecule has 0 bridgehead atoms. The second-order valence-corrected chi connectivity index (χ2v) is 9.64. The highest BCUT2D eigenvalue weighted by Crippen LogP contribution is 2.30. The van der Waals surface area contributed by atoms with Crippen molar-refractivity contribution in [2.45, 2.75) is 22.6 Å². The number of piperidine rings is 1. The SMILES string of the molecule is CN1CCC(COc2nc(Nc3ccc(Sc4ccccc4)cc3)c3ccccc3n2)CC1. The minimum Gasteiger partial charge on any atom is -0.463 e. The Kier molecular flexibility index (Phi) is 6.74. The van der Waals surface area contributed by atoms with Gasteiger partial charge in [-0.3, -0.25) is 0 Å². The Balaban J connectivity index is 1.31. The van der Waals surface area contributed by atoms with Gasteiger partial charge in [0.1, 0.15) is 5.82 Å². The van der Waals surface area contributed by atoms with Crippen LogP contribution in [0.1, 0.15) is 12.8 Å². The summed E-state index contributed by atoms with van der Waals surface area (Å²) < 4.78 is 6.07. The van der Waals surface area contributed by atoms with E-state index in [0.717, 1.165) is 48.3 Å². The van der Waals surface area contributed by atoms with Crippen molar-refractivity contribution < 1.29 is 4.74 Å². The molecule has 2 heterocycles.